The lowest BCUT2D eigenvalue weighted by Gasteiger charge is -2.13. The van der Waals surface area contributed by atoms with Gasteiger partial charge in [-0.3, -0.25) is 9.36 Å². The summed E-state index contributed by atoms with van der Waals surface area (Å²) in [5.74, 6) is 0.525. The number of benzene rings is 1. The predicted molar refractivity (Wildman–Crippen MR) is 92.6 cm³/mol. The average Bonchev–Trinajstić information content (AvgIpc) is 2.55. The van der Waals surface area contributed by atoms with Crippen LogP contribution in [0.3, 0.4) is 0 Å². The highest BCUT2D eigenvalue weighted by Crippen LogP contribution is 2.12. The number of hydrogen-bond acceptors (Lipinski definition) is 4. The number of hydrogen-bond donors (Lipinski definition) is 1. The lowest BCUT2D eigenvalue weighted by molar-refractivity contribution is 0.614. The fraction of sp³-hybridized carbons (Fsp3) is 0.471. The van der Waals surface area contributed by atoms with Crippen molar-refractivity contribution in [3.8, 4) is 0 Å². The van der Waals surface area contributed by atoms with E-state index >= 15 is 0 Å². The number of anilines is 1. The number of unbranched alkanes of at least 4 members (excludes halogenated alkanes) is 1. The normalized spacial score (nSPS) is 10.7. The minimum absolute atomic E-state index is 0.00806. The molecule has 1 N–H and O–H groups in total. The first-order valence-corrected chi connectivity index (χ1v) is 8.02. The Morgan fingerprint density at radius 2 is 1.95 bits per heavy atom. The summed E-state index contributed by atoms with van der Waals surface area (Å²) in [6.45, 7) is 6.90. The molecule has 0 aliphatic heterocycles. The van der Waals surface area contributed by atoms with Gasteiger partial charge in [0.1, 0.15) is 0 Å². The van der Waals surface area contributed by atoms with E-state index in [4.69, 9.17) is 0 Å². The smallest absolute Gasteiger partial charge is 0.262 e. The first-order chi connectivity index (χ1) is 10.7. The first-order valence-electron chi connectivity index (χ1n) is 8.02. The third kappa shape index (κ3) is 3.53. The molecule has 0 aliphatic rings. The number of aromatic nitrogens is 2. The van der Waals surface area contributed by atoms with Crippen LogP contribution in [0.1, 0.15) is 46.5 Å². The van der Waals surface area contributed by atoms with Gasteiger partial charge in [0.05, 0.1) is 10.9 Å². The van der Waals surface area contributed by atoms with Crippen molar-refractivity contribution in [1.29, 1.82) is 0 Å². The molecule has 0 amide bonds. The lowest BCUT2D eigenvalue weighted by atomic mass is 10.2. The van der Waals surface area contributed by atoms with Crippen molar-refractivity contribution < 1.29 is 0 Å². The summed E-state index contributed by atoms with van der Waals surface area (Å²) < 4.78 is 1.69. The van der Waals surface area contributed by atoms with Crippen LogP contribution in [0.4, 0.5) is 5.95 Å². The fourth-order valence-electron chi connectivity index (χ4n) is 2.31. The molecular weight excluding hydrogens is 276 g/mol. The molecule has 0 atom stereocenters. The summed E-state index contributed by atoms with van der Waals surface area (Å²) in [6.07, 6.45) is 3.73. The van der Waals surface area contributed by atoms with Gasteiger partial charge >= 0.3 is 0 Å². The molecular formula is C17H24N4O. The zero-order valence-corrected chi connectivity index (χ0v) is 13.6. The zero-order chi connectivity index (χ0) is 15.9. The second-order valence-corrected chi connectivity index (χ2v) is 5.26. The molecule has 0 unspecified atom stereocenters. The number of hydrazone groups is 1. The van der Waals surface area contributed by atoms with Crippen molar-refractivity contribution in [2.75, 3.05) is 5.43 Å². The van der Waals surface area contributed by atoms with Gasteiger partial charge in [-0.2, -0.15) is 5.10 Å². The summed E-state index contributed by atoms with van der Waals surface area (Å²) in [6, 6.07) is 7.44. The fourth-order valence-corrected chi connectivity index (χ4v) is 2.31. The van der Waals surface area contributed by atoms with Crippen LogP contribution < -0.4 is 11.0 Å². The molecule has 0 bridgehead atoms. The molecule has 0 fully saturated rings. The van der Waals surface area contributed by atoms with Crippen LogP contribution in [0.15, 0.2) is 34.2 Å². The molecule has 0 radical (unpaired) electrons. The van der Waals surface area contributed by atoms with E-state index in [2.05, 4.69) is 36.3 Å². The summed E-state index contributed by atoms with van der Waals surface area (Å²) in [5.41, 5.74) is 4.75. The summed E-state index contributed by atoms with van der Waals surface area (Å²) in [7, 11) is 0. The van der Waals surface area contributed by atoms with E-state index in [-0.39, 0.29) is 5.56 Å². The largest absolute Gasteiger partial charge is 0.277 e. The van der Waals surface area contributed by atoms with E-state index in [1.54, 1.807) is 4.57 Å². The maximum absolute atomic E-state index is 12.7. The maximum atomic E-state index is 12.7. The molecule has 0 saturated carbocycles. The third-order valence-electron chi connectivity index (χ3n) is 3.73. The van der Waals surface area contributed by atoms with E-state index in [1.807, 2.05) is 24.3 Å². The van der Waals surface area contributed by atoms with Crippen LogP contribution in [0.5, 0.6) is 0 Å². The van der Waals surface area contributed by atoms with Crippen molar-refractivity contribution in [1.82, 2.24) is 9.55 Å². The highest BCUT2D eigenvalue weighted by atomic mass is 16.1. The maximum Gasteiger partial charge on any atom is 0.262 e. The van der Waals surface area contributed by atoms with E-state index in [0.717, 1.165) is 31.4 Å². The van der Waals surface area contributed by atoms with Crippen LogP contribution in [0, 0.1) is 0 Å². The molecule has 1 heterocycles. The highest BCUT2D eigenvalue weighted by Gasteiger charge is 2.10. The summed E-state index contributed by atoms with van der Waals surface area (Å²) in [5, 5.41) is 5.04. The second-order valence-electron chi connectivity index (χ2n) is 5.26. The number of para-hydroxylation sites is 1. The highest BCUT2D eigenvalue weighted by molar-refractivity contribution is 5.84. The molecule has 0 aliphatic carbocycles. The molecule has 2 rings (SSSR count). The van der Waals surface area contributed by atoms with Gasteiger partial charge in [-0.1, -0.05) is 39.3 Å². The Balaban J connectivity index is 2.49. The minimum atomic E-state index is -0.00806. The lowest BCUT2D eigenvalue weighted by Crippen LogP contribution is -2.24. The second kappa shape index (κ2) is 7.73. The van der Waals surface area contributed by atoms with E-state index in [1.165, 1.54) is 0 Å². The number of nitrogens with one attached hydrogen (secondary N) is 1. The van der Waals surface area contributed by atoms with E-state index < -0.39 is 0 Å². The molecule has 0 spiro atoms. The third-order valence-corrected chi connectivity index (χ3v) is 3.73. The number of nitrogens with zero attached hydrogens (tertiary/aromatic N) is 3. The van der Waals surface area contributed by atoms with Gasteiger partial charge in [0, 0.05) is 12.3 Å². The van der Waals surface area contributed by atoms with Crippen molar-refractivity contribution in [3.05, 3.63) is 34.6 Å². The van der Waals surface area contributed by atoms with Crippen LogP contribution in [-0.4, -0.2) is 15.3 Å². The predicted octanol–water partition coefficient (Wildman–Crippen LogP) is 3.78. The van der Waals surface area contributed by atoms with Gasteiger partial charge < -0.3 is 0 Å². The van der Waals surface area contributed by atoms with E-state index in [9.17, 15) is 4.79 Å². The van der Waals surface area contributed by atoms with Crippen LogP contribution in [0.25, 0.3) is 10.9 Å². The Morgan fingerprint density at radius 1 is 1.23 bits per heavy atom. The topological polar surface area (TPSA) is 59.3 Å². The van der Waals surface area contributed by atoms with Crippen LogP contribution >= 0.6 is 0 Å². The SMILES string of the molecule is CCCCn1c(NN=C(CC)CC)nc2ccccc2c1=O. The van der Waals surface area contributed by atoms with Crippen molar-refractivity contribution in [3.63, 3.8) is 0 Å². The van der Waals surface area contributed by atoms with Gasteiger partial charge in [0.25, 0.3) is 5.56 Å². The van der Waals surface area contributed by atoms with Gasteiger partial charge in [-0.25, -0.2) is 10.4 Å². The van der Waals surface area contributed by atoms with Crippen LogP contribution in [-0.2, 0) is 6.54 Å². The van der Waals surface area contributed by atoms with Gasteiger partial charge in [0.15, 0.2) is 0 Å². The number of fused-ring (bicyclic) bond motifs is 1. The minimum Gasteiger partial charge on any atom is -0.277 e. The molecule has 1 aromatic carbocycles. The van der Waals surface area contributed by atoms with E-state index in [0.29, 0.717) is 23.4 Å². The molecule has 22 heavy (non-hydrogen) atoms. The Labute approximate surface area is 131 Å². The Kier molecular flexibility index (Phi) is 5.69. The number of rotatable bonds is 7. The molecule has 5 nitrogen and oxygen atoms in total. The van der Waals surface area contributed by atoms with Crippen molar-refractivity contribution in [2.24, 2.45) is 5.10 Å². The quantitative estimate of drug-likeness (QED) is 0.625. The monoisotopic (exact) mass is 300 g/mol. The Hall–Kier alpha value is -2.17. The molecule has 0 saturated heterocycles. The standard InChI is InChI=1S/C17H24N4O/c1-4-7-12-21-16(22)14-10-8-9-11-15(14)18-17(21)20-19-13(5-2)6-3/h8-11H,4-7,12H2,1-3H3,(H,18,20). The van der Waals surface area contributed by atoms with Gasteiger partial charge in [-0.15, -0.1) is 0 Å². The first kappa shape index (κ1) is 16.2. The Morgan fingerprint density at radius 3 is 2.64 bits per heavy atom. The molecule has 5 heteroatoms. The van der Waals surface area contributed by atoms with Crippen molar-refractivity contribution >= 4 is 22.6 Å². The average molecular weight is 300 g/mol. The zero-order valence-electron chi connectivity index (χ0n) is 13.6. The molecule has 118 valence electrons. The Bertz CT molecular complexity index is 712. The molecule has 1 aromatic heterocycles. The molecule has 2 aromatic rings. The van der Waals surface area contributed by atoms with Crippen LogP contribution in [0.2, 0.25) is 0 Å². The van der Waals surface area contributed by atoms with Gasteiger partial charge in [-0.05, 0) is 31.4 Å². The summed E-state index contributed by atoms with van der Waals surface area (Å²) in [4.78, 5) is 17.2. The summed E-state index contributed by atoms with van der Waals surface area (Å²) >= 11 is 0. The van der Waals surface area contributed by atoms with Crippen molar-refractivity contribution in [2.45, 2.75) is 53.0 Å². The van der Waals surface area contributed by atoms with Gasteiger partial charge in [0.2, 0.25) is 5.95 Å².